The predicted octanol–water partition coefficient (Wildman–Crippen LogP) is 1.45. The highest BCUT2D eigenvalue weighted by Crippen LogP contribution is 2.28. The van der Waals surface area contributed by atoms with Gasteiger partial charge in [0.05, 0.1) is 25.8 Å². The first-order valence-corrected chi connectivity index (χ1v) is 6.84. The number of carbonyl (C=O) groups is 1. The lowest BCUT2D eigenvalue weighted by Crippen LogP contribution is -2.64. The zero-order valence-corrected chi connectivity index (χ0v) is 12.0. The summed E-state index contributed by atoms with van der Waals surface area (Å²) < 4.78 is 10.6. The first kappa shape index (κ1) is 14.7. The van der Waals surface area contributed by atoms with Crippen LogP contribution >= 0.6 is 0 Å². The Hall–Kier alpha value is -1.75. The lowest BCUT2D eigenvalue weighted by Gasteiger charge is -2.46. The fraction of sp³-hybridized carbons (Fsp3) is 0.533. The number of β-amino-alcohol motifs (C(OH)–C–C–N with tert-alkyl or cyclic N) is 1. The van der Waals surface area contributed by atoms with E-state index in [0.717, 1.165) is 12.8 Å². The van der Waals surface area contributed by atoms with Crippen LogP contribution in [0.1, 0.15) is 19.8 Å². The fourth-order valence-corrected chi connectivity index (χ4v) is 2.43. The molecule has 0 aliphatic carbocycles. The van der Waals surface area contributed by atoms with Gasteiger partial charge in [0.15, 0.2) is 18.1 Å². The maximum absolute atomic E-state index is 11.9. The smallest absolute Gasteiger partial charge is 0.260 e. The molecule has 1 aliphatic heterocycles. The van der Waals surface area contributed by atoms with Gasteiger partial charge in [0.2, 0.25) is 0 Å². The monoisotopic (exact) mass is 279 g/mol. The van der Waals surface area contributed by atoms with Crippen LogP contribution in [-0.2, 0) is 4.79 Å². The Kier molecular flexibility index (Phi) is 4.49. The van der Waals surface area contributed by atoms with E-state index in [1.54, 1.807) is 24.1 Å². The van der Waals surface area contributed by atoms with E-state index in [0.29, 0.717) is 24.6 Å². The summed E-state index contributed by atoms with van der Waals surface area (Å²) in [5.41, 5.74) is -0.700. The van der Waals surface area contributed by atoms with Crippen molar-refractivity contribution in [2.75, 3.05) is 26.8 Å². The van der Waals surface area contributed by atoms with Crippen LogP contribution in [0.5, 0.6) is 11.5 Å². The van der Waals surface area contributed by atoms with E-state index in [-0.39, 0.29) is 12.5 Å². The molecule has 1 fully saturated rings. The maximum Gasteiger partial charge on any atom is 0.260 e. The van der Waals surface area contributed by atoms with Crippen molar-refractivity contribution in [2.24, 2.45) is 0 Å². The van der Waals surface area contributed by atoms with E-state index >= 15 is 0 Å². The third-order valence-corrected chi connectivity index (χ3v) is 3.46. The average molecular weight is 279 g/mol. The van der Waals surface area contributed by atoms with Gasteiger partial charge < -0.3 is 19.5 Å². The van der Waals surface area contributed by atoms with Gasteiger partial charge in [0.1, 0.15) is 0 Å². The van der Waals surface area contributed by atoms with Crippen molar-refractivity contribution in [1.82, 2.24) is 4.90 Å². The molecule has 0 unspecified atom stereocenters. The number of carbonyl (C=O) groups excluding carboxylic acids is 1. The number of amides is 1. The zero-order chi connectivity index (χ0) is 14.6. The normalized spacial score (nSPS) is 16.4. The molecule has 1 N–H and O–H groups in total. The second-order valence-electron chi connectivity index (χ2n) is 5.16. The number of ether oxygens (including phenoxy) is 2. The average Bonchev–Trinajstić information content (AvgIpc) is 2.42. The summed E-state index contributed by atoms with van der Waals surface area (Å²) in [6.07, 6.45) is 1.64. The summed E-state index contributed by atoms with van der Waals surface area (Å²) in [7, 11) is 1.56. The van der Waals surface area contributed by atoms with E-state index in [4.69, 9.17) is 9.47 Å². The van der Waals surface area contributed by atoms with Gasteiger partial charge in [-0.2, -0.15) is 0 Å². The molecular weight excluding hydrogens is 258 g/mol. The molecule has 110 valence electrons. The topological polar surface area (TPSA) is 59.0 Å². The van der Waals surface area contributed by atoms with Crippen molar-refractivity contribution in [1.29, 1.82) is 0 Å². The number of rotatable bonds is 6. The van der Waals surface area contributed by atoms with Crippen LogP contribution < -0.4 is 9.47 Å². The van der Waals surface area contributed by atoms with E-state index in [1.807, 2.05) is 19.1 Å². The molecule has 1 aromatic rings. The van der Waals surface area contributed by atoms with Crippen molar-refractivity contribution in [3.8, 4) is 11.5 Å². The standard InChI is InChI=1S/C15H21NO4/c1-3-8-15(18)10-16(11-15)14(17)9-20-13-7-5-4-6-12(13)19-2/h4-7,18H,3,8-11H2,1-2H3. The number of aliphatic hydroxyl groups is 1. The number of benzene rings is 1. The van der Waals surface area contributed by atoms with Crippen molar-refractivity contribution in [2.45, 2.75) is 25.4 Å². The molecule has 1 aliphatic rings. The molecule has 1 heterocycles. The van der Waals surface area contributed by atoms with Gasteiger partial charge in [-0.05, 0) is 18.6 Å². The molecule has 1 saturated heterocycles. The maximum atomic E-state index is 11.9. The Morgan fingerprint density at radius 3 is 2.60 bits per heavy atom. The molecule has 0 spiro atoms. The Morgan fingerprint density at radius 2 is 2.00 bits per heavy atom. The highest BCUT2D eigenvalue weighted by atomic mass is 16.5. The number of nitrogens with zero attached hydrogens (tertiary/aromatic N) is 1. The first-order valence-electron chi connectivity index (χ1n) is 6.84. The van der Waals surface area contributed by atoms with Gasteiger partial charge in [-0.3, -0.25) is 4.79 Å². The van der Waals surface area contributed by atoms with Crippen LogP contribution in [0, 0.1) is 0 Å². The van der Waals surface area contributed by atoms with Crippen molar-refractivity contribution < 1.29 is 19.4 Å². The molecule has 0 bridgehead atoms. The molecule has 0 atom stereocenters. The first-order chi connectivity index (χ1) is 9.58. The van der Waals surface area contributed by atoms with Crippen LogP contribution in [0.3, 0.4) is 0 Å². The minimum Gasteiger partial charge on any atom is -0.493 e. The Labute approximate surface area is 119 Å². The number of hydrogen-bond donors (Lipinski definition) is 1. The van der Waals surface area contributed by atoms with E-state index < -0.39 is 5.60 Å². The van der Waals surface area contributed by atoms with Gasteiger partial charge in [0.25, 0.3) is 5.91 Å². The van der Waals surface area contributed by atoms with E-state index in [2.05, 4.69) is 0 Å². The Morgan fingerprint density at radius 1 is 1.35 bits per heavy atom. The van der Waals surface area contributed by atoms with Crippen molar-refractivity contribution in [3.63, 3.8) is 0 Å². The summed E-state index contributed by atoms with van der Waals surface area (Å²) in [6, 6.07) is 7.21. The number of para-hydroxylation sites is 2. The van der Waals surface area contributed by atoms with E-state index in [1.165, 1.54) is 0 Å². The molecule has 1 amide bonds. The number of hydrogen-bond acceptors (Lipinski definition) is 4. The minimum absolute atomic E-state index is 0.0391. The molecular formula is C15H21NO4. The van der Waals surface area contributed by atoms with E-state index in [9.17, 15) is 9.90 Å². The van der Waals surface area contributed by atoms with Crippen molar-refractivity contribution >= 4 is 5.91 Å². The second-order valence-corrected chi connectivity index (χ2v) is 5.16. The molecule has 0 saturated carbocycles. The SMILES string of the molecule is CCCC1(O)CN(C(=O)COc2ccccc2OC)C1. The third kappa shape index (κ3) is 3.22. The summed E-state index contributed by atoms with van der Waals surface area (Å²) >= 11 is 0. The number of likely N-dealkylation sites (tertiary alicyclic amines) is 1. The van der Waals surface area contributed by atoms with Crippen LogP contribution in [0.15, 0.2) is 24.3 Å². The fourth-order valence-electron chi connectivity index (χ4n) is 2.43. The molecule has 5 heteroatoms. The molecule has 20 heavy (non-hydrogen) atoms. The summed E-state index contributed by atoms with van der Waals surface area (Å²) in [5, 5.41) is 10.0. The largest absolute Gasteiger partial charge is 0.493 e. The lowest BCUT2D eigenvalue weighted by atomic mass is 9.89. The van der Waals surface area contributed by atoms with Gasteiger partial charge in [-0.25, -0.2) is 0 Å². The highest BCUT2D eigenvalue weighted by Gasteiger charge is 2.42. The molecule has 0 aromatic heterocycles. The summed E-state index contributed by atoms with van der Waals surface area (Å²) in [5.74, 6) is 1.04. The van der Waals surface area contributed by atoms with Gasteiger partial charge in [-0.15, -0.1) is 0 Å². The van der Waals surface area contributed by atoms with Gasteiger partial charge >= 0.3 is 0 Å². The highest BCUT2D eigenvalue weighted by molar-refractivity contribution is 5.79. The van der Waals surface area contributed by atoms with Crippen LogP contribution in [0.2, 0.25) is 0 Å². The Balaban J connectivity index is 1.82. The molecule has 5 nitrogen and oxygen atoms in total. The molecule has 2 rings (SSSR count). The third-order valence-electron chi connectivity index (χ3n) is 3.46. The van der Waals surface area contributed by atoms with Crippen LogP contribution in [-0.4, -0.2) is 48.3 Å². The summed E-state index contributed by atoms with van der Waals surface area (Å²) in [4.78, 5) is 13.6. The lowest BCUT2D eigenvalue weighted by molar-refractivity contribution is -0.158. The van der Waals surface area contributed by atoms with Gasteiger partial charge in [0, 0.05) is 0 Å². The van der Waals surface area contributed by atoms with Crippen LogP contribution in [0.25, 0.3) is 0 Å². The summed E-state index contributed by atoms with van der Waals surface area (Å²) in [6.45, 7) is 2.78. The quantitative estimate of drug-likeness (QED) is 0.856. The van der Waals surface area contributed by atoms with Crippen molar-refractivity contribution in [3.05, 3.63) is 24.3 Å². The predicted molar refractivity (Wildman–Crippen MR) is 74.9 cm³/mol. The molecule has 1 aromatic carbocycles. The second kappa shape index (κ2) is 6.13. The zero-order valence-electron chi connectivity index (χ0n) is 12.0. The minimum atomic E-state index is -0.700. The Bertz CT molecular complexity index is 469. The van der Waals surface area contributed by atoms with Crippen LogP contribution in [0.4, 0.5) is 0 Å². The number of methoxy groups -OCH3 is 1. The molecule has 0 radical (unpaired) electrons. The van der Waals surface area contributed by atoms with Gasteiger partial charge in [-0.1, -0.05) is 25.5 Å².